The van der Waals surface area contributed by atoms with E-state index in [2.05, 4.69) is 19.5 Å². The van der Waals surface area contributed by atoms with Gasteiger partial charge in [-0.3, -0.25) is 0 Å². The van der Waals surface area contributed by atoms with Crippen molar-refractivity contribution in [3.63, 3.8) is 0 Å². The average Bonchev–Trinajstić information content (AvgIpc) is 3.18. The second-order valence-electron chi connectivity index (χ2n) is 14.2. The van der Waals surface area contributed by atoms with Crippen LogP contribution < -0.4 is 4.74 Å². The van der Waals surface area contributed by atoms with Crippen molar-refractivity contribution in [2.24, 2.45) is 0 Å². The Hall–Kier alpha value is -2.99. The summed E-state index contributed by atoms with van der Waals surface area (Å²) in [5.74, 6) is 0.299. The van der Waals surface area contributed by atoms with Crippen LogP contribution in [0.4, 0.5) is 0 Å². The number of hydrogen-bond acceptors (Lipinski definition) is 16. The van der Waals surface area contributed by atoms with Gasteiger partial charge in [0.1, 0.15) is 5.75 Å². The van der Waals surface area contributed by atoms with E-state index >= 15 is 0 Å². The zero-order valence-electron chi connectivity index (χ0n) is 32.9. The van der Waals surface area contributed by atoms with E-state index in [1.807, 2.05) is 6.82 Å². The number of esters is 1. The Balaban J connectivity index is 1.86. The summed E-state index contributed by atoms with van der Waals surface area (Å²) in [5.41, 5.74) is 0.471. The van der Waals surface area contributed by atoms with Gasteiger partial charge < -0.3 is 4.74 Å². The Bertz CT molecular complexity index is 1220. The van der Waals surface area contributed by atoms with E-state index in [0.29, 0.717) is 102 Å². The number of benzene rings is 1. The van der Waals surface area contributed by atoms with E-state index in [1.165, 1.54) is 7.11 Å². The van der Waals surface area contributed by atoms with Crippen molar-refractivity contribution in [1.29, 1.82) is 21.2 Å². The van der Waals surface area contributed by atoms with Gasteiger partial charge in [0.25, 0.3) is 0 Å². The molecule has 1 aromatic carbocycles. The summed E-state index contributed by atoms with van der Waals surface area (Å²) in [6.45, 7) is 10.3. The van der Waals surface area contributed by atoms with Crippen molar-refractivity contribution < 1.29 is 37.9 Å². The van der Waals surface area contributed by atoms with Crippen molar-refractivity contribution in [3.8, 4) is 5.75 Å². The van der Waals surface area contributed by atoms with Gasteiger partial charge in [-0.15, -0.1) is 0 Å². The Morgan fingerprint density at radius 2 is 1.09 bits per heavy atom. The summed E-state index contributed by atoms with van der Waals surface area (Å²) >= 11 is 0. The second kappa shape index (κ2) is 27.6. The largest absolute Gasteiger partial charge is 0.0440 e. The molecule has 3 aliphatic rings. The Kier molecular flexibility index (Phi) is 23.3. The van der Waals surface area contributed by atoms with Crippen LogP contribution in [0, 0.1) is 21.2 Å². The van der Waals surface area contributed by atoms with Gasteiger partial charge >= 0.3 is 279 Å². The molecule has 3 fully saturated rings. The Morgan fingerprint density at radius 1 is 0.673 bits per heavy atom. The van der Waals surface area contributed by atoms with Gasteiger partial charge in [-0.05, 0) is 24.3 Å². The Morgan fingerprint density at radius 3 is 1.51 bits per heavy atom. The van der Waals surface area contributed by atoms with Crippen molar-refractivity contribution >= 4 is 42.1 Å². The molecular weight excluding hydrogens is 702 g/mol. The molecule has 0 amide bonds. The van der Waals surface area contributed by atoms with Gasteiger partial charge in [-0.1, -0.05) is 0 Å². The van der Waals surface area contributed by atoms with E-state index in [1.54, 1.807) is 24.3 Å². The number of carbonyl (C=O) groups excluding carboxylic acids is 1. The summed E-state index contributed by atoms with van der Waals surface area (Å²) in [7, 11) is 4.79. The van der Waals surface area contributed by atoms with Crippen LogP contribution in [0.1, 0.15) is 68.1 Å². The predicted octanol–water partition coefficient (Wildman–Crippen LogP) is 2.78. The van der Waals surface area contributed by atoms with Gasteiger partial charge in [0.2, 0.25) is 0 Å². The summed E-state index contributed by atoms with van der Waals surface area (Å²) in [5, 5.41) is 41.7. The van der Waals surface area contributed by atoms with E-state index in [-0.39, 0.29) is 30.4 Å². The van der Waals surface area contributed by atoms with E-state index in [0.717, 1.165) is 74.8 Å². The van der Waals surface area contributed by atoms with Crippen LogP contribution in [-0.2, 0) is 23.4 Å². The third-order valence-corrected chi connectivity index (χ3v) is 10.6. The fourth-order valence-electron chi connectivity index (χ4n) is 7.15. The van der Waals surface area contributed by atoms with Crippen LogP contribution in [0.25, 0.3) is 0 Å². The maximum Gasteiger partial charge on any atom is -0.0191 e. The van der Waals surface area contributed by atoms with Crippen molar-refractivity contribution in [1.82, 2.24) is 19.5 Å². The molecule has 4 atom stereocenters. The molecule has 0 aromatic heterocycles. The molecule has 3 aliphatic heterocycles. The maximum atomic E-state index is 11.8. The summed E-state index contributed by atoms with van der Waals surface area (Å²) in [6.07, 6.45) is 5.63. The standard InChI is InChI=1S/C34H61B5N8O8/c1-39(49)47-25-23-44(16-3-27-51-29-6-4-28(5-7-29)34(48)50-2)21-22-45-17-12-30(52-35-40)8-10-32(54-37-42)14-19-46(24-26-47)20-15-33(55-38-43)11-9-31(13-18-45)53-36-41/h4-7,30-33,40-43,49H,3,8-27H2,1-2H3. The van der Waals surface area contributed by atoms with Gasteiger partial charge in [0.15, 0.2) is 0 Å². The quantitative estimate of drug-likeness (QED) is 0.0996. The van der Waals surface area contributed by atoms with Crippen LogP contribution in [0.2, 0.25) is 6.82 Å². The number of ether oxygens (including phenoxy) is 2. The molecule has 55 heavy (non-hydrogen) atoms. The number of methoxy groups -OCH3 is 1. The fraction of sp³-hybridized carbons (Fsp3) is 0.794. The molecule has 4 rings (SSSR count). The molecule has 16 nitrogen and oxygen atoms in total. The third-order valence-electron chi connectivity index (χ3n) is 10.6. The molecular formula is C34H61B5N8O8. The molecule has 21 heteroatoms. The van der Waals surface area contributed by atoms with Crippen LogP contribution in [0.5, 0.6) is 5.75 Å². The maximum absolute atomic E-state index is 11.8. The molecule has 1 aromatic rings. The molecule has 0 saturated carbocycles. The first kappa shape index (κ1) is 46.4. The van der Waals surface area contributed by atoms with Crippen LogP contribution in [0.15, 0.2) is 24.3 Å². The molecule has 300 valence electrons. The first-order valence-electron chi connectivity index (χ1n) is 19.8. The average molecular weight is 764 g/mol. The second-order valence-corrected chi connectivity index (χ2v) is 14.2. The summed E-state index contributed by atoms with van der Waals surface area (Å²) in [6, 6.07) is 6.94. The van der Waals surface area contributed by atoms with Gasteiger partial charge in [0, 0.05) is 0 Å². The minimum Gasteiger partial charge on any atom is -0.0440 e. The molecule has 5 N–H and O–H groups in total. The van der Waals surface area contributed by atoms with Crippen molar-refractivity contribution in [2.75, 3.05) is 85.7 Å². The van der Waals surface area contributed by atoms with E-state index in [9.17, 15) is 9.82 Å². The smallest absolute Gasteiger partial charge is 0.0191 e. The molecule has 0 radical (unpaired) electrons. The molecule has 4 unspecified atom stereocenters. The predicted molar refractivity (Wildman–Crippen MR) is 213 cm³/mol. The molecule has 0 spiro atoms. The topological polar surface area (TPSA) is 201 Å². The number of nitrogens with zero attached hydrogens (tertiary/aromatic N) is 4. The first-order valence-corrected chi connectivity index (χ1v) is 19.8. The molecule has 2 bridgehead atoms. The van der Waals surface area contributed by atoms with Gasteiger partial charge in [0.05, 0.1) is 12.7 Å². The number of carbonyl (C=O) groups is 1. The summed E-state index contributed by atoms with van der Waals surface area (Å²) < 4.78 is 34.0. The molecule has 3 heterocycles. The first-order chi connectivity index (χ1) is 26.8. The number of rotatable bonds is 15. The van der Waals surface area contributed by atoms with Gasteiger partial charge in [-0.2, -0.15) is 0 Å². The summed E-state index contributed by atoms with van der Waals surface area (Å²) in [4.78, 5) is 21.1. The number of hydrogen-bond donors (Lipinski definition) is 5. The number of nitrogens with one attached hydrogen (secondary N) is 4. The Labute approximate surface area is 330 Å². The van der Waals surface area contributed by atoms with Crippen molar-refractivity contribution in [3.05, 3.63) is 29.8 Å². The van der Waals surface area contributed by atoms with Crippen LogP contribution in [0.3, 0.4) is 0 Å². The molecule has 3 saturated heterocycles. The normalized spacial score (nSPS) is 25.7. The van der Waals surface area contributed by atoms with E-state index in [4.69, 9.17) is 49.3 Å². The third kappa shape index (κ3) is 18.7. The zero-order chi connectivity index (χ0) is 39.7. The van der Waals surface area contributed by atoms with Crippen molar-refractivity contribution in [2.45, 2.75) is 89.0 Å². The minimum absolute atomic E-state index is 0.173. The van der Waals surface area contributed by atoms with Crippen LogP contribution in [-0.4, -0.2) is 177 Å². The molecule has 0 aliphatic carbocycles. The minimum atomic E-state index is -0.632. The van der Waals surface area contributed by atoms with E-state index < -0.39 is 7.05 Å². The SMILES string of the molecule is COC(=O)c1ccc(OCCCN2CCN3CCC(OB=N)CCC(OB=N)CCN(CCC(OB=N)CCC(OB=N)CC3)CCN(B(C)O)CC2)cc1. The number of fused-ring (bicyclic) bond motifs is 21. The zero-order valence-corrected chi connectivity index (χ0v) is 32.9. The monoisotopic (exact) mass is 765 g/mol. The van der Waals surface area contributed by atoms with Crippen LogP contribution >= 0.6 is 0 Å². The fourth-order valence-corrected chi connectivity index (χ4v) is 7.15. The van der Waals surface area contributed by atoms with Gasteiger partial charge in [-0.25, -0.2) is 4.79 Å².